The molecule has 0 spiro atoms. The van der Waals surface area contributed by atoms with E-state index < -0.39 is 0 Å². The highest BCUT2D eigenvalue weighted by Gasteiger charge is 2.04. The number of anilines is 1. The van der Waals surface area contributed by atoms with Gasteiger partial charge in [0.2, 0.25) is 0 Å². The molecule has 0 saturated carbocycles. The van der Waals surface area contributed by atoms with Crippen LogP contribution in [-0.2, 0) is 6.54 Å². The molecule has 1 heterocycles. The van der Waals surface area contributed by atoms with E-state index in [1.807, 2.05) is 48.5 Å². The van der Waals surface area contributed by atoms with Crippen molar-refractivity contribution in [3.05, 3.63) is 60.4 Å². The zero-order valence-electron chi connectivity index (χ0n) is 13.6. The van der Waals surface area contributed by atoms with Crippen LogP contribution in [0.5, 0.6) is 5.75 Å². The molecule has 2 aromatic carbocycles. The highest BCUT2D eigenvalue weighted by Crippen LogP contribution is 2.22. The average Bonchev–Trinajstić information content (AvgIpc) is 3.15. The Kier molecular flexibility index (Phi) is 6.75. The smallest absolute Gasteiger partial charge is 0.193 e. The van der Waals surface area contributed by atoms with E-state index in [2.05, 4.69) is 25.5 Å². The van der Waals surface area contributed by atoms with E-state index in [4.69, 9.17) is 10.5 Å². The van der Waals surface area contributed by atoms with E-state index in [9.17, 15) is 0 Å². The second kappa shape index (κ2) is 9.02. The number of rotatable bonds is 5. The molecule has 0 amide bonds. The first-order valence-electron chi connectivity index (χ1n) is 7.41. The summed E-state index contributed by atoms with van der Waals surface area (Å²) in [5.41, 5.74) is 8.72. The highest BCUT2D eigenvalue weighted by molar-refractivity contribution is 14.0. The lowest BCUT2D eigenvalue weighted by Gasteiger charge is -2.10. The third-order valence-corrected chi connectivity index (χ3v) is 3.42. The molecular weight excluding hydrogens is 431 g/mol. The largest absolute Gasteiger partial charge is 0.495 e. The Morgan fingerprint density at radius 2 is 2.08 bits per heavy atom. The molecule has 0 atom stereocenters. The molecule has 0 fully saturated rings. The lowest BCUT2D eigenvalue weighted by atomic mass is 10.1. The summed E-state index contributed by atoms with van der Waals surface area (Å²) in [6.45, 7) is 0.454. The number of nitrogens with one attached hydrogen (secondary N) is 2. The van der Waals surface area contributed by atoms with Gasteiger partial charge < -0.3 is 15.8 Å². The molecule has 25 heavy (non-hydrogen) atoms. The Bertz CT molecular complexity index is 835. The van der Waals surface area contributed by atoms with E-state index in [-0.39, 0.29) is 24.0 Å². The molecule has 0 aliphatic rings. The summed E-state index contributed by atoms with van der Waals surface area (Å²) in [6, 6.07) is 15.4. The predicted octanol–water partition coefficient (Wildman–Crippen LogP) is 3.03. The Hall–Kier alpha value is -2.62. The number of hydrogen-bond donors (Lipinski definition) is 3. The summed E-state index contributed by atoms with van der Waals surface area (Å²) in [7, 11) is 1.61. The van der Waals surface area contributed by atoms with Gasteiger partial charge in [0.1, 0.15) is 12.1 Å². The summed E-state index contributed by atoms with van der Waals surface area (Å²) in [5, 5.41) is 9.75. The van der Waals surface area contributed by atoms with Gasteiger partial charge >= 0.3 is 0 Å². The molecule has 0 aliphatic carbocycles. The Balaban J connectivity index is 0.00000225. The summed E-state index contributed by atoms with van der Waals surface area (Å²) in [5.74, 6) is 1.76. The van der Waals surface area contributed by atoms with E-state index in [1.165, 1.54) is 6.33 Å². The third-order valence-electron chi connectivity index (χ3n) is 3.42. The quantitative estimate of drug-likeness (QED) is 0.315. The lowest BCUT2D eigenvalue weighted by Crippen LogP contribution is -2.22. The maximum Gasteiger partial charge on any atom is 0.193 e. The number of guanidine groups is 1. The standard InChI is InChI=1S/C17H18N6O.HI/c1-24-15-8-3-2-7-14(15)22-17(18)19-10-12-5-4-6-13(9-12)16-20-11-21-23-16;/h2-9,11H,10H2,1H3,(H3,18,19,22)(H,20,21,23);1H. The number of H-pyrrole nitrogens is 1. The molecule has 0 bridgehead atoms. The van der Waals surface area contributed by atoms with Crippen molar-refractivity contribution >= 4 is 35.6 Å². The Labute approximate surface area is 162 Å². The zero-order chi connectivity index (χ0) is 16.8. The number of aliphatic imine (C=N–C) groups is 1. The van der Waals surface area contributed by atoms with Crippen LogP contribution in [0.2, 0.25) is 0 Å². The molecule has 1 aromatic heterocycles. The molecule has 7 nitrogen and oxygen atoms in total. The fourth-order valence-corrected chi connectivity index (χ4v) is 2.26. The Morgan fingerprint density at radius 1 is 1.24 bits per heavy atom. The van der Waals surface area contributed by atoms with Crippen LogP contribution in [0.15, 0.2) is 59.9 Å². The van der Waals surface area contributed by atoms with Crippen LogP contribution >= 0.6 is 24.0 Å². The fourth-order valence-electron chi connectivity index (χ4n) is 2.26. The molecule has 0 unspecified atom stereocenters. The van der Waals surface area contributed by atoms with Crippen molar-refractivity contribution in [2.45, 2.75) is 6.54 Å². The molecule has 4 N–H and O–H groups in total. The second-order valence-corrected chi connectivity index (χ2v) is 5.06. The SMILES string of the molecule is COc1ccccc1NC(N)=NCc1cccc(-c2ncn[nH]2)c1.I. The van der Waals surface area contributed by atoms with Gasteiger partial charge in [-0.15, -0.1) is 24.0 Å². The fraction of sp³-hybridized carbons (Fsp3) is 0.118. The van der Waals surface area contributed by atoms with E-state index in [1.54, 1.807) is 7.11 Å². The van der Waals surface area contributed by atoms with Crippen LogP contribution in [0.1, 0.15) is 5.56 Å². The van der Waals surface area contributed by atoms with Crippen LogP contribution in [0, 0.1) is 0 Å². The van der Waals surface area contributed by atoms with Gasteiger partial charge in [0.15, 0.2) is 11.8 Å². The molecule has 8 heteroatoms. The number of aromatic amines is 1. The monoisotopic (exact) mass is 450 g/mol. The second-order valence-electron chi connectivity index (χ2n) is 5.06. The van der Waals surface area contributed by atoms with Crippen molar-refractivity contribution < 1.29 is 4.74 Å². The number of aromatic nitrogens is 3. The number of para-hydroxylation sites is 2. The van der Waals surface area contributed by atoms with Gasteiger partial charge in [-0.1, -0.05) is 30.3 Å². The highest BCUT2D eigenvalue weighted by atomic mass is 127. The van der Waals surface area contributed by atoms with Crippen LogP contribution in [0.3, 0.4) is 0 Å². The molecule has 3 aromatic rings. The number of nitrogens with zero attached hydrogens (tertiary/aromatic N) is 3. The minimum absolute atomic E-state index is 0. The number of methoxy groups -OCH3 is 1. The Morgan fingerprint density at radius 3 is 2.84 bits per heavy atom. The maximum absolute atomic E-state index is 5.96. The van der Waals surface area contributed by atoms with Gasteiger partial charge in [0.25, 0.3) is 0 Å². The maximum atomic E-state index is 5.96. The lowest BCUT2D eigenvalue weighted by molar-refractivity contribution is 0.417. The van der Waals surface area contributed by atoms with Crippen molar-refractivity contribution in [2.75, 3.05) is 12.4 Å². The first-order chi connectivity index (χ1) is 11.8. The van der Waals surface area contributed by atoms with Gasteiger partial charge in [0.05, 0.1) is 19.3 Å². The first-order valence-corrected chi connectivity index (χ1v) is 7.41. The van der Waals surface area contributed by atoms with Crippen LogP contribution in [0.4, 0.5) is 5.69 Å². The topological polar surface area (TPSA) is 101 Å². The number of nitrogens with two attached hydrogens (primary N) is 1. The summed E-state index contributed by atoms with van der Waals surface area (Å²) >= 11 is 0. The van der Waals surface area contributed by atoms with Crippen molar-refractivity contribution in [2.24, 2.45) is 10.7 Å². The first kappa shape index (κ1) is 18.7. The van der Waals surface area contributed by atoms with Crippen molar-refractivity contribution in [3.8, 4) is 17.1 Å². The van der Waals surface area contributed by atoms with Crippen molar-refractivity contribution in [1.29, 1.82) is 0 Å². The number of hydrogen-bond acceptors (Lipinski definition) is 4. The van der Waals surface area contributed by atoms with Gasteiger partial charge in [-0.25, -0.2) is 9.98 Å². The predicted molar refractivity (Wildman–Crippen MR) is 109 cm³/mol. The van der Waals surface area contributed by atoms with Gasteiger partial charge in [-0.3, -0.25) is 5.10 Å². The summed E-state index contributed by atoms with van der Waals surface area (Å²) < 4.78 is 5.28. The number of benzene rings is 2. The minimum Gasteiger partial charge on any atom is -0.495 e. The van der Waals surface area contributed by atoms with Gasteiger partial charge in [-0.05, 0) is 23.8 Å². The summed E-state index contributed by atoms with van der Waals surface area (Å²) in [4.78, 5) is 8.51. The normalized spacial score (nSPS) is 10.8. The van der Waals surface area contributed by atoms with Crippen molar-refractivity contribution in [3.63, 3.8) is 0 Å². The van der Waals surface area contributed by atoms with Crippen LogP contribution in [-0.4, -0.2) is 28.3 Å². The molecular formula is C17H19IN6O. The van der Waals surface area contributed by atoms with Crippen LogP contribution < -0.4 is 15.8 Å². The number of ether oxygens (including phenoxy) is 1. The van der Waals surface area contributed by atoms with E-state index >= 15 is 0 Å². The van der Waals surface area contributed by atoms with E-state index in [0.717, 1.165) is 22.6 Å². The minimum atomic E-state index is 0. The van der Waals surface area contributed by atoms with Crippen LogP contribution in [0.25, 0.3) is 11.4 Å². The molecule has 3 rings (SSSR count). The van der Waals surface area contributed by atoms with Crippen molar-refractivity contribution in [1.82, 2.24) is 15.2 Å². The zero-order valence-corrected chi connectivity index (χ0v) is 16.0. The van der Waals surface area contributed by atoms with Gasteiger partial charge in [-0.2, -0.15) is 5.10 Å². The molecule has 130 valence electrons. The van der Waals surface area contributed by atoms with Gasteiger partial charge in [0, 0.05) is 5.56 Å². The third kappa shape index (κ3) is 4.92. The van der Waals surface area contributed by atoms with E-state index in [0.29, 0.717) is 18.3 Å². The average molecular weight is 450 g/mol. The molecule has 0 radical (unpaired) electrons. The molecule has 0 saturated heterocycles. The summed E-state index contributed by atoms with van der Waals surface area (Å²) in [6.07, 6.45) is 1.48. The molecule has 0 aliphatic heterocycles. The number of halogens is 1.